The highest BCUT2D eigenvalue weighted by Gasteiger charge is 2.27. The first-order valence-electron chi connectivity index (χ1n) is 5.68. The van der Waals surface area contributed by atoms with Crippen LogP contribution in [0.2, 0.25) is 0 Å². The summed E-state index contributed by atoms with van der Waals surface area (Å²) in [6.07, 6.45) is 4.21. The zero-order valence-electron chi connectivity index (χ0n) is 9.00. The van der Waals surface area contributed by atoms with Crippen LogP contribution in [0, 0.1) is 5.92 Å². The summed E-state index contributed by atoms with van der Waals surface area (Å²) in [6.45, 7) is 7.70. The largest absolute Gasteiger partial charge is 0.306 e. The van der Waals surface area contributed by atoms with Gasteiger partial charge in [-0.05, 0) is 51.9 Å². The molecule has 13 heavy (non-hydrogen) atoms. The minimum atomic E-state index is 0.904. The SMILES string of the molecule is C[C@H]1CCN(C2CCN(C)CC2)C1. The van der Waals surface area contributed by atoms with Gasteiger partial charge in [-0.1, -0.05) is 6.92 Å². The molecule has 2 nitrogen and oxygen atoms in total. The lowest BCUT2D eigenvalue weighted by Crippen LogP contribution is -2.42. The first-order chi connectivity index (χ1) is 6.25. The maximum atomic E-state index is 2.72. The van der Waals surface area contributed by atoms with E-state index in [-0.39, 0.29) is 0 Å². The van der Waals surface area contributed by atoms with Crippen LogP contribution in [0.5, 0.6) is 0 Å². The fraction of sp³-hybridized carbons (Fsp3) is 1.00. The summed E-state index contributed by atoms with van der Waals surface area (Å²) >= 11 is 0. The van der Waals surface area contributed by atoms with E-state index in [0.717, 1.165) is 12.0 Å². The molecule has 0 aromatic heterocycles. The molecular weight excluding hydrogens is 160 g/mol. The van der Waals surface area contributed by atoms with Crippen LogP contribution in [-0.2, 0) is 0 Å². The molecule has 0 aliphatic carbocycles. The van der Waals surface area contributed by atoms with Gasteiger partial charge in [0.2, 0.25) is 0 Å². The molecular formula is C11H22N2. The van der Waals surface area contributed by atoms with Crippen LogP contribution in [0.4, 0.5) is 0 Å². The van der Waals surface area contributed by atoms with E-state index < -0.39 is 0 Å². The van der Waals surface area contributed by atoms with Gasteiger partial charge in [0.05, 0.1) is 0 Å². The standard InChI is InChI=1S/C11H22N2/c1-10-3-8-13(9-10)11-4-6-12(2)7-5-11/h10-11H,3-9H2,1-2H3/t10-/m0/s1. The van der Waals surface area contributed by atoms with E-state index in [9.17, 15) is 0 Å². The van der Waals surface area contributed by atoms with Crippen LogP contribution in [0.15, 0.2) is 0 Å². The zero-order chi connectivity index (χ0) is 9.26. The minimum Gasteiger partial charge on any atom is -0.306 e. The molecule has 2 aliphatic rings. The summed E-state index contributed by atoms with van der Waals surface area (Å²) in [7, 11) is 2.24. The van der Waals surface area contributed by atoms with Crippen molar-refractivity contribution in [3.8, 4) is 0 Å². The Bertz CT molecular complexity index is 161. The van der Waals surface area contributed by atoms with Gasteiger partial charge in [0.15, 0.2) is 0 Å². The lowest BCUT2D eigenvalue weighted by Gasteiger charge is -2.35. The predicted molar refractivity (Wildman–Crippen MR) is 55.9 cm³/mol. The maximum absolute atomic E-state index is 2.72. The maximum Gasteiger partial charge on any atom is 0.0120 e. The van der Waals surface area contributed by atoms with Crippen molar-refractivity contribution < 1.29 is 0 Å². The van der Waals surface area contributed by atoms with Crippen molar-refractivity contribution in [2.24, 2.45) is 5.92 Å². The molecule has 0 aromatic rings. The van der Waals surface area contributed by atoms with Gasteiger partial charge in [-0.15, -0.1) is 0 Å². The Morgan fingerprint density at radius 1 is 1.00 bits per heavy atom. The fourth-order valence-electron chi connectivity index (χ4n) is 2.66. The Kier molecular flexibility index (Phi) is 2.89. The molecule has 1 atom stereocenters. The second-order valence-electron chi connectivity index (χ2n) is 4.92. The molecule has 2 rings (SSSR count). The van der Waals surface area contributed by atoms with Crippen molar-refractivity contribution in [1.29, 1.82) is 0 Å². The molecule has 2 heteroatoms. The summed E-state index contributed by atoms with van der Waals surface area (Å²) < 4.78 is 0. The first-order valence-corrected chi connectivity index (χ1v) is 5.68. The Morgan fingerprint density at radius 2 is 1.69 bits per heavy atom. The molecule has 0 radical (unpaired) electrons. The molecule has 2 fully saturated rings. The molecule has 0 bridgehead atoms. The average Bonchev–Trinajstić information content (AvgIpc) is 2.53. The van der Waals surface area contributed by atoms with E-state index >= 15 is 0 Å². The van der Waals surface area contributed by atoms with Crippen LogP contribution in [0.3, 0.4) is 0 Å². The summed E-state index contributed by atoms with van der Waals surface area (Å²) in [4.78, 5) is 5.17. The van der Waals surface area contributed by atoms with Crippen LogP contribution in [0.25, 0.3) is 0 Å². The van der Waals surface area contributed by atoms with E-state index in [2.05, 4.69) is 23.8 Å². The quantitative estimate of drug-likeness (QED) is 0.605. The number of hydrogen-bond acceptors (Lipinski definition) is 2. The van der Waals surface area contributed by atoms with Crippen molar-refractivity contribution in [2.75, 3.05) is 33.2 Å². The number of hydrogen-bond donors (Lipinski definition) is 0. The lowest BCUT2D eigenvalue weighted by atomic mass is 10.0. The van der Waals surface area contributed by atoms with Gasteiger partial charge in [-0.2, -0.15) is 0 Å². The van der Waals surface area contributed by atoms with E-state index in [1.54, 1.807) is 0 Å². The van der Waals surface area contributed by atoms with E-state index in [1.165, 1.54) is 45.4 Å². The Hall–Kier alpha value is -0.0800. The van der Waals surface area contributed by atoms with Crippen molar-refractivity contribution in [1.82, 2.24) is 9.80 Å². The Balaban J connectivity index is 1.81. The van der Waals surface area contributed by atoms with E-state index in [0.29, 0.717) is 0 Å². The average molecular weight is 182 g/mol. The Morgan fingerprint density at radius 3 is 2.23 bits per heavy atom. The number of rotatable bonds is 1. The molecule has 2 heterocycles. The normalized spacial score (nSPS) is 34.2. The number of likely N-dealkylation sites (tertiary alicyclic amines) is 2. The van der Waals surface area contributed by atoms with Crippen LogP contribution in [0.1, 0.15) is 26.2 Å². The second kappa shape index (κ2) is 3.97. The van der Waals surface area contributed by atoms with E-state index in [1.807, 2.05) is 0 Å². The van der Waals surface area contributed by atoms with Gasteiger partial charge in [-0.3, -0.25) is 0 Å². The van der Waals surface area contributed by atoms with Gasteiger partial charge in [0, 0.05) is 12.6 Å². The molecule has 0 N–H and O–H groups in total. The molecule has 76 valence electrons. The molecule has 0 amide bonds. The highest BCUT2D eigenvalue weighted by molar-refractivity contribution is 4.83. The van der Waals surface area contributed by atoms with Gasteiger partial charge >= 0.3 is 0 Å². The smallest absolute Gasteiger partial charge is 0.0120 e. The molecule has 0 saturated carbocycles. The summed E-state index contributed by atoms with van der Waals surface area (Å²) in [6, 6.07) is 0.904. The van der Waals surface area contributed by atoms with Crippen LogP contribution < -0.4 is 0 Å². The van der Waals surface area contributed by atoms with Crippen molar-refractivity contribution in [2.45, 2.75) is 32.2 Å². The highest BCUT2D eigenvalue weighted by atomic mass is 15.2. The lowest BCUT2D eigenvalue weighted by molar-refractivity contribution is 0.140. The first kappa shape index (κ1) is 9.47. The van der Waals surface area contributed by atoms with Gasteiger partial charge < -0.3 is 9.80 Å². The highest BCUT2D eigenvalue weighted by Crippen LogP contribution is 2.23. The molecule has 0 aromatic carbocycles. The monoisotopic (exact) mass is 182 g/mol. The van der Waals surface area contributed by atoms with Crippen LogP contribution in [-0.4, -0.2) is 49.1 Å². The fourth-order valence-corrected chi connectivity index (χ4v) is 2.66. The van der Waals surface area contributed by atoms with Crippen molar-refractivity contribution >= 4 is 0 Å². The Labute approximate surface area is 81.9 Å². The molecule has 2 saturated heterocycles. The third-order valence-corrected chi connectivity index (χ3v) is 3.66. The zero-order valence-corrected chi connectivity index (χ0v) is 9.00. The third kappa shape index (κ3) is 2.23. The van der Waals surface area contributed by atoms with Gasteiger partial charge in [-0.25, -0.2) is 0 Å². The summed E-state index contributed by atoms with van der Waals surface area (Å²) in [5, 5.41) is 0. The number of nitrogens with zero attached hydrogens (tertiary/aromatic N) is 2. The van der Waals surface area contributed by atoms with Gasteiger partial charge in [0.1, 0.15) is 0 Å². The molecule has 2 aliphatic heterocycles. The minimum absolute atomic E-state index is 0.904. The van der Waals surface area contributed by atoms with Crippen molar-refractivity contribution in [3.05, 3.63) is 0 Å². The third-order valence-electron chi connectivity index (χ3n) is 3.66. The van der Waals surface area contributed by atoms with Crippen molar-refractivity contribution in [3.63, 3.8) is 0 Å². The van der Waals surface area contributed by atoms with Crippen LogP contribution >= 0.6 is 0 Å². The second-order valence-corrected chi connectivity index (χ2v) is 4.92. The van der Waals surface area contributed by atoms with E-state index in [4.69, 9.17) is 0 Å². The number of piperidine rings is 1. The molecule has 0 spiro atoms. The predicted octanol–water partition coefficient (Wildman–Crippen LogP) is 1.42. The van der Waals surface area contributed by atoms with Gasteiger partial charge in [0.25, 0.3) is 0 Å². The topological polar surface area (TPSA) is 6.48 Å². The summed E-state index contributed by atoms with van der Waals surface area (Å²) in [5.74, 6) is 0.944. The summed E-state index contributed by atoms with van der Waals surface area (Å²) in [5.41, 5.74) is 0. The molecule has 0 unspecified atom stereocenters.